The van der Waals surface area contributed by atoms with Crippen LogP contribution in [0.5, 0.6) is 0 Å². The lowest BCUT2D eigenvalue weighted by atomic mass is 10.0. The number of aliphatic hydroxyl groups is 1. The van der Waals surface area contributed by atoms with E-state index in [1.54, 1.807) is 6.07 Å². The average Bonchev–Trinajstić information content (AvgIpc) is 2.23. The Labute approximate surface area is 109 Å². The van der Waals surface area contributed by atoms with E-state index < -0.39 is 21.9 Å². The van der Waals surface area contributed by atoms with Gasteiger partial charge in [-0.25, -0.2) is 0 Å². The standard InChI is InChI=1S/C10H11F3O.CH4O3S/c11-10(12,13)9-6-2-1-4-8(9)5-3-7-14;1-5(2,3)4/h1-2,4,6,14H,3,5,7H2;1H3,(H,2,3,4). The summed E-state index contributed by atoms with van der Waals surface area (Å²) >= 11 is 0. The predicted molar refractivity (Wildman–Crippen MR) is 64.3 cm³/mol. The van der Waals surface area contributed by atoms with Crippen LogP contribution in [0.2, 0.25) is 0 Å². The molecule has 0 saturated heterocycles. The molecule has 0 spiro atoms. The Kier molecular flexibility index (Phi) is 7.02. The lowest BCUT2D eigenvalue weighted by Crippen LogP contribution is -2.09. The maximum atomic E-state index is 12.4. The molecule has 19 heavy (non-hydrogen) atoms. The summed E-state index contributed by atoms with van der Waals surface area (Å²) in [6.07, 6.45) is -2.97. The summed E-state index contributed by atoms with van der Waals surface area (Å²) in [7, 11) is -3.67. The summed E-state index contributed by atoms with van der Waals surface area (Å²) in [6.45, 7) is -0.0911. The quantitative estimate of drug-likeness (QED) is 0.839. The van der Waals surface area contributed by atoms with Gasteiger partial charge in [-0.05, 0) is 24.5 Å². The molecule has 0 atom stereocenters. The van der Waals surface area contributed by atoms with E-state index >= 15 is 0 Å². The molecule has 0 aliphatic heterocycles. The van der Waals surface area contributed by atoms with Gasteiger partial charge in [0, 0.05) is 6.61 Å². The monoisotopic (exact) mass is 300 g/mol. The number of alkyl halides is 3. The molecule has 0 heterocycles. The van der Waals surface area contributed by atoms with E-state index in [0.717, 1.165) is 6.07 Å². The fraction of sp³-hybridized carbons (Fsp3) is 0.455. The Morgan fingerprint density at radius 2 is 1.68 bits per heavy atom. The van der Waals surface area contributed by atoms with Gasteiger partial charge in [0.1, 0.15) is 0 Å². The van der Waals surface area contributed by atoms with Crippen molar-refractivity contribution in [3.05, 3.63) is 35.4 Å². The molecular weight excluding hydrogens is 285 g/mol. The molecule has 0 aromatic heterocycles. The summed E-state index contributed by atoms with van der Waals surface area (Å²) in [5.41, 5.74) is -0.359. The summed E-state index contributed by atoms with van der Waals surface area (Å²) in [4.78, 5) is 0. The zero-order valence-corrected chi connectivity index (χ0v) is 11.0. The Morgan fingerprint density at radius 3 is 2.11 bits per heavy atom. The van der Waals surface area contributed by atoms with Crippen LogP contribution in [0.1, 0.15) is 17.5 Å². The van der Waals surface area contributed by atoms with Gasteiger partial charge in [0.15, 0.2) is 0 Å². The zero-order chi connectivity index (χ0) is 15.1. The first-order valence-electron chi connectivity index (χ1n) is 5.24. The van der Waals surface area contributed by atoms with Gasteiger partial charge in [-0.1, -0.05) is 18.2 Å². The molecule has 0 radical (unpaired) electrons. The maximum absolute atomic E-state index is 12.4. The maximum Gasteiger partial charge on any atom is 0.416 e. The molecule has 110 valence electrons. The Morgan fingerprint density at radius 1 is 1.21 bits per heavy atom. The van der Waals surface area contributed by atoms with Crippen molar-refractivity contribution < 1.29 is 31.2 Å². The van der Waals surface area contributed by atoms with Crippen LogP contribution >= 0.6 is 0 Å². The molecule has 0 aliphatic rings. The van der Waals surface area contributed by atoms with Gasteiger partial charge in [-0.3, -0.25) is 4.55 Å². The van der Waals surface area contributed by atoms with Gasteiger partial charge >= 0.3 is 6.18 Å². The second kappa shape index (κ2) is 7.46. The third-order valence-corrected chi connectivity index (χ3v) is 1.93. The molecule has 0 fully saturated rings. The number of aryl methyl sites for hydroxylation is 1. The van der Waals surface area contributed by atoms with E-state index in [1.165, 1.54) is 12.1 Å². The van der Waals surface area contributed by atoms with Crippen LogP contribution in [0.4, 0.5) is 13.2 Å². The molecule has 1 aromatic carbocycles. The van der Waals surface area contributed by atoms with Crippen LogP contribution in [0.25, 0.3) is 0 Å². The minimum Gasteiger partial charge on any atom is -0.396 e. The van der Waals surface area contributed by atoms with E-state index in [-0.39, 0.29) is 18.6 Å². The van der Waals surface area contributed by atoms with Crippen LogP contribution in [0.3, 0.4) is 0 Å². The van der Waals surface area contributed by atoms with E-state index in [2.05, 4.69) is 0 Å². The van der Waals surface area contributed by atoms with Gasteiger partial charge in [0.05, 0.1) is 11.8 Å². The molecule has 0 amide bonds. The Bertz CT molecular complexity index is 475. The van der Waals surface area contributed by atoms with Gasteiger partial charge in [-0.15, -0.1) is 0 Å². The number of hydrogen-bond donors (Lipinski definition) is 2. The first-order chi connectivity index (χ1) is 8.55. The fourth-order valence-corrected chi connectivity index (χ4v) is 1.28. The van der Waals surface area contributed by atoms with Gasteiger partial charge in [0.2, 0.25) is 0 Å². The van der Waals surface area contributed by atoms with E-state index in [0.29, 0.717) is 12.7 Å². The Hall–Kier alpha value is -1.12. The Balaban J connectivity index is 0.000000555. The largest absolute Gasteiger partial charge is 0.416 e. The number of hydrogen-bond acceptors (Lipinski definition) is 3. The second-order valence-corrected chi connectivity index (χ2v) is 5.18. The molecule has 0 saturated carbocycles. The number of aliphatic hydroxyl groups excluding tert-OH is 1. The first-order valence-corrected chi connectivity index (χ1v) is 7.09. The van der Waals surface area contributed by atoms with Crippen molar-refractivity contribution in [2.45, 2.75) is 19.0 Å². The van der Waals surface area contributed by atoms with Crippen LogP contribution in [0.15, 0.2) is 24.3 Å². The molecule has 1 aromatic rings. The van der Waals surface area contributed by atoms with Gasteiger partial charge in [0.25, 0.3) is 10.1 Å². The normalized spacial score (nSPS) is 11.7. The highest BCUT2D eigenvalue weighted by Crippen LogP contribution is 2.32. The van der Waals surface area contributed by atoms with Crippen LogP contribution in [-0.4, -0.2) is 30.9 Å². The van der Waals surface area contributed by atoms with Crippen LogP contribution in [-0.2, 0) is 22.7 Å². The third-order valence-electron chi connectivity index (χ3n) is 1.93. The van der Waals surface area contributed by atoms with Crippen molar-refractivity contribution >= 4 is 10.1 Å². The summed E-state index contributed by atoms with van der Waals surface area (Å²) in [5.74, 6) is 0. The molecular formula is C11H15F3O4S. The zero-order valence-electron chi connectivity index (χ0n) is 10.2. The SMILES string of the molecule is CS(=O)(=O)O.OCCCc1ccccc1C(F)(F)F. The lowest BCUT2D eigenvalue weighted by molar-refractivity contribution is -0.138. The molecule has 4 nitrogen and oxygen atoms in total. The van der Waals surface area contributed by atoms with E-state index in [4.69, 9.17) is 9.66 Å². The molecule has 0 aliphatic carbocycles. The topological polar surface area (TPSA) is 74.6 Å². The van der Waals surface area contributed by atoms with Crippen molar-refractivity contribution in [3.63, 3.8) is 0 Å². The van der Waals surface area contributed by atoms with Crippen molar-refractivity contribution in [1.82, 2.24) is 0 Å². The van der Waals surface area contributed by atoms with Crippen molar-refractivity contribution in [1.29, 1.82) is 0 Å². The molecule has 2 N–H and O–H groups in total. The summed E-state index contributed by atoms with van der Waals surface area (Å²) < 4.78 is 63.1. The third kappa shape index (κ3) is 9.46. The smallest absolute Gasteiger partial charge is 0.396 e. The van der Waals surface area contributed by atoms with Crippen LogP contribution < -0.4 is 0 Å². The highest BCUT2D eigenvalue weighted by atomic mass is 32.2. The van der Waals surface area contributed by atoms with Crippen LogP contribution in [0, 0.1) is 0 Å². The summed E-state index contributed by atoms with van der Waals surface area (Å²) in [5, 5.41) is 8.54. The number of benzene rings is 1. The van der Waals surface area contributed by atoms with Crippen molar-refractivity contribution in [2.24, 2.45) is 0 Å². The predicted octanol–water partition coefficient (Wildman–Crippen LogP) is 2.13. The number of halogens is 3. The van der Waals surface area contributed by atoms with Gasteiger partial charge in [-0.2, -0.15) is 21.6 Å². The average molecular weight is 300 g/mol. The molecule has 0 bridgehead atoms. The highest BCUT2D eigenvalue weighted by molar-refractivity contribution is 7.85. The molecule has 0 unspecified atom stereocenters. The van der Waals surface area contributed by atoms with Crippen molar-refractivity contribution in [2.75, 3.05) is 12.9 Å². The summed E-state index contributed by atoms with van der Waals surface area (Å²) in [6, 6.07) is 5.44. The van der Waals surface area contributed by atoms with E-state index in [1.807, 2.05) is 0 Å². The lowest BCUT2D eigenvalue weighted by Gasteiger charge is -2.11. The fourth-order valence-electron chi connectivity index (χ4n) is 1.28. The molecule has 8 heteroatoms. The number of rotatable bonds is 3. The minimum atomic E-state index is -4.30. The van der Waals surface area contributed by atoms with Gasteiger partial charge < -0.3 is 5.11 Å². The highest BCUT2D eigenvalue weighted by Gasteiger charge is 2.32. The second-order valence-electron chi connectivity index (χ2n) is 3.72. The van der Waals surface area contributed by atoms with E-state index in [9.17, 15) is 21.6 Å². The minimum absolute atomic E-state index is 0.0911. The first kappa shape index (κ1) is 17.9. The van der Waals surface area contributed by atoms with Crippen molar-refractivity contribution in [3.8, 4) is 0 Å². The molecule has 1 rings (SSSR count).